The van der Waals surface area contributed by atoms with Crippen molar-refractivity contribution < 1.29 is 22.3 Å². The summed E-state index contributed by atoms with van der Waals surface area (Å²) in [5.74, 6) is -2.14. The van der Waals surface area contributed by atoms with Gasteiger partial charge in [-0.2, -0.15) is 10.5 Å². The number of hydrogen-bond donors (Lipinski definition) is 4. The second kappa shape index (κ2) is 7.05. The maximum Gasteiger partial charge on any atom is 0.573 e. The molecule has 0 saturated heterocycles. The van der Waals surface area contributed by atoms with Crippen molar-refractivity contribution in [2.45, 2.75) is 12.4 Å². The average Bonchev–Trinajstić information content (AvgIpc) is 2.62. The van der Waals surface area contributed by atoms with Crippen molar-refractivity contribution in [2.75, 3.05) is 16.8 Å². The molecule has 2 heterocycles. The number of guanidine groups is 1. The van der Waals surface area contributed by atoms with Crippen LogP contribution in [0.2, 0.25) is 0 Å². The van der Waals surface area contributed by atoms with Crippen LogP contribution >= 0.6 is 0 Å². The van der Waals surface area contributed by atoms with Crippen molar-refractivity contribution in [3.05, 3.63) is 40.7 Å². The standard InChI is InChI=1S/C16H10F4N8O/c17-6-1-2-9(29-16(18,19)20)7(3-6)12-10-11(23)8(4-21)13(24)27-14(10)28-15(26-12)25-5-22/h1-3,12H,(H6,23,24,25,26,27,28). The van der Waals surface area contributed by atoms with Gasteiger partial charge < -0.3 is 21.5 Å². The highest BCUT2D eigenvalue weighted by Gasteiger charge is 2.36. The first-order valence-corrected chi connectivity index (χ1v) is 7.68. The van der Waals surface area contributed by atoms with Crippen molar-refractivity contribution in [1.82, 2.24) is 10.3 Å². The molecule has 1 aliphatic heterocycles. The number of rotatable bonds is 2. The summed E-state index contributed by atoms with van der Waals surface area (Å²) in [5.41, 5.74) is 10.8. The summed E-state index contributed by atoms with van der Waals surface area (Å²) in [6.45, 7) is 0. The van der Waals surface area contributed by atoms with E-state index in [0.717, 1.165) is 18.2 Å². The van der Waals surface area contributed by atoms with Crippen molar-refractivity contribution in [2.24, 2.45) is 4.99 Å². The normalized spacial score (nSPS) is 15.2. The van der Waals surface area contributed by atoms with Crippen molar-refractivity contribution in [3.8, 4) is 18.0 Å². The van der Waals surface area contributed by atoms with Crippen LogP contribution in [-0.2, 0) is 0 Å². The quantitative estimate of drug-likeness (QED) is 0.335. The minimum absolute atomic E-state index is 0.0307. The maximum absolute atomic E-state index is 13.9. The monoisotopic (exact) mass is 406 g/mol. The number of anilines is 3. The lowest BCUT2D eigenvalue weighted by Crippen LogP contribution is -2.33. The molecule has 148 valence electrons. The lowest BCUT2D eigenvalue weighted by molar-refractivity contribution is -0.275. The number of fused-ring (bicyclic) bond motifs is 1. The van der Waals surface area contributed by atoms with Crippen LogP contribution in [-0.4, -0.2) is 17.3 Å². The molecule has 13 heteroatoms. The van der Waals surface area contributed by atoms with Crippen LogP contribution in [0.25, 0.3) is 0 Å². The zero-order valence-electron chi connectivity index (χ0n) is 14.2. The Labute approximate surface area is 160 Å². The van der Waals surface area contributed by atoms with Gasteiger partial charge in [0, 0.05) is 11.1 Å². The second-order valence-electron chi connectivity index (χ2n) is 5.63. The van der Waals surface area contributed by atoms with Gasteiger partial charge in [-0.1, -0.05) is 0 Å². The number of nitrogens with two attached hydrogens (primary N) is 2. The number of hydrogen-bond acceptors (Lipinski definition) is 9. The number of nitrogen functional groups attached to an aromatic ring is 2. The van der Waals surface area contributed by atoms with Gasteiger partial charge in [-0.3, -0.25) is 5.32 Å². The highest BCUT2D eigenvalue weighted by atomic mass is 19.4. The number of alkyl halides is 3. The Morgan fingerprint density at radius 2 is 1.97 bits per heavy atom. The van der Waals surface area contributed by atoms with Crippen molar-refractivity contribution >= 4 is 23.3 Å². The molecule has 6 N–H and O–H groups in total. The van der Waals surface area contributed by atoms with Gasteiger partial charge in [0.2, 0.25) is 5.96 Å². The third kappa shape index (κ3) is 3.74. The molecule has 1 aromatic carbocycles. The lowest BCUT2D eigenvalue weighted by Gasteiger charge is -2.27. The smallest absolute Gasteiger partial charge is 0.405 e. The van der Waals surface area contributed by atoms with Crippen LogP contribution < -0.4 is 26.8 Å². The Morgan fingerprint density at radius 3 is 2.59 bits per heavy atom. The van der Waals surface area contributed by atoms with Crippen molar-refractivity contribution in [3.63, 3.8) is 0 Å². The number of aliphatic imine (C=N–C) groups is 1. The fraction of sp³-hybridized carbons (Fsp3) is 0.125. The summed E-state index contributed by atoms with van der Waals surface area (Å²) in [6, 6.07) is 2.68. The fourth-order valence-electron chi connectivity index (χ4n) is 2.76. The topological polar surface area (TPSA) is 158 Å². The van der Waals surface area contributed by atoms with Gasteiger partial charge in [0.1, 0.15) is 40.9 Å². The molecule has 0 bridgehead atoms. The molecule has 1 unspecified atom stereocenters. The Balaban J connectivity index is 2.29. The molecular weight excluding hydrogens is 396 g/mol. The molecule has 0 radical (unpaired) electrons. The Morgan fingerprint density at radius 1 is 1.24 bits per heavy atom. The number of nitriles is 2. The summed E-state index contributed by atoms with van der Waals surface area (Å²) in [5, 5.41) is 22.9. The molecule has 1 aliphatic rings. The number of nitrogens with zero attached hydrogens (tertiary/aromatic N) is 4. The predicted molar refractivity (Wildman–Crippen MR) is 92.5 cm³/mol. The summed E-state index contributed by atoms with van der Waals surface area (Å²) in [7, 11) is 0. The van der Waals surface area contributed by atoms with Crippen LogP contribution in [0.15, 0.2) is 23.2 Å². The minimum atomic E-state index is -5.07. The Kier molecular flexibility index (Phi) is 4.74. The molecule has 9 nitrogen and oxygen atoms in total. The molecule has 0 amide bonds. The van der Waals surface area contributed by atoms with Gasteiger partial charge in [-0.25, -0.2) is 14.4 Å². The first kappa shape index (κ1) is 19.5. The zero-order chi connectivity index (χ0) is 21.3. The third-order valence-corrected chi connectivity index (χ3v) is 3.85. The van der Waals surface area contributed by atoms with E-state index in [1.807, 2.05) is 0 Å². The van der Waals surface area contributed by atoms with Crippen LogP contribution in [0.3, 0.4) is 0 Å². The summed E-state index contributed by atoms with van der Waals surface area (Å²) >= 11 is 0. The fourth-order valence-corrected chi connectivity index (χ4v) is 2.76. The molecular formula is C16H10F4N8O. The van der Waals surface area contributed by atoms with Gasteiger partial charge >= 0.3 is 6.36 Å². The lowest BCUT2D eigenvalue weighted by atomic mass is 9.94. The van der Waals surface area contributed by atoms with Crippen LogP contribution in [0.5, 0.6) is 5.75 Å². The van der Waals surface area contributed by atoms with Crippen LogP contribution in [0, 0.1) is 28.6 Å². The molecule has 0 fully saturated rings. The molecule has 3 rings (SSSR count). The first-order valence-electron chi connectivity index (χ1n) is 7.68. The summed E-state index contributed by atoms with van der Waals surface area (Å²) in [4.78, 5) is 8.03. The predicted octanol–water partition coefficient (Wildman–Crippen LogP) is 2.10. The number of ether oxygens (including phenoxy) is 1. The Bertz CT molecular complexity index is 1100. The molecule has 1 atom stereocenters. The van der Waals surface area contributed by atoms with E-state index >= 15 is 0 Å². The SMILES string of the molecule is N#CNC1=NC(c2cc(F)ccc2OC(F)(F)F)c2c(nc(N)c(C#N)c2N)N1. The number of pyridine rings is 1. The van der Waals surface area contributed by atoms with E-state index in [2.05, 4.69) is 25.3 Å². The van der Waals surface area contributed by atoms with Crippen LogP contribution in [0.4, 0.5) is 34.9 Å². The minimum Gasteiger partial charge on any atom is -0.405 e. The maximum atomic E-state index is 13.9. The first-order chi connectivity index (χ1) is 13.6. The van der Waals surface area contributed by atoms with Crippen LogP contribution in [0.1, 0.15) is 22.7 Å². The van der Waals surface area contributed by atoms with Crippen molar-refractivity contribution in [1.29, 1.82) is 10.5 Å². The van der Waals surface area contributed by atoms with Gasteiger partial charge in [0.15, 0.2) is 6.19 Å². The Hall–Kier alpha value is -4.26. The van der Waals surface area contributed by atoms with E-state index in [1.165, 1.54) is 0 Å². The molecule has 0 saturated carbocycles. The van der Waals surface area contributed by atoms with E-state index in [-0.39, 0.29) is 40.0 Å². The number of halogens is 4. The van der Waals surface area contributed by atoms with Gasteiger partial charge in [-0.15, -0.1) is 13.2 Å². The molecule has 0 spiro atoms. The van der Waals surface area contributed by atoms with Gasteiger partial charge in [-0.05, 0) is 18.2 Å². The van der Waals surface area contributed by atoms with E-state index < -0.39 is 24.0 Å². The number of benzene rings is 1. The highest BCUT2D eigenvalue weighted by Crippen LogP contribution is 2.44. The van der Waals surface area contributed by atoms with E-state index in [0.29, 0.717) is 0 Å². The highest BCUT2D eigenvalue weighted by molar-refractivity contribution is 5.98. The number of aromatic nitrogens is 1. The van der Waals surface area contributed by atoms with Gasteiger partial charge in [0.25, 0.3) is 0 Å². The van der Waals surface area contributed by atoms with E-state index in [9.17, 15) is 22.8 Å². The third-order valence-electron chi connectivity index (χ3n) is 3.85. The van der Waals surface area contributed by atoms with E-state index in [4.69, 9.17) is 16.7 Å². The molecule has 0 aliphatic carbocycles. The second-order valence-corrected chi connectivity index (χ2v) is 5.63. The average molecular weight is 406 g/mol. The zero-order valence-corrected chi connectivity index (χ0v) is 14.2. The largest absolute Gasteiger partial charge is 0.573 e. The molecule has 2 aromatic rings. The number of nitrogens with one attached hydrogen (secondary N) is 2. The summed E-state index contributed by atoms with van der Waals surface area (Å²) in [6.07, 6.45) is -3.48. The molecule has 1 aromatic heterocycles. The molecule has 29 heavy (non-hydrogen) atoms. The van der Waals surface area contributed by atoms with E-state index in [1.54, 1.807) is 12.3 Å². The summed E-state index contributed by atoms with van der Waals surface area (Å²) < 4.78 is 56.3. The van der Waals surface area contributed by atoms with Gasteiger partial charge in [0.05, 0.1) is 5.69 Å².